The number of carbonyl (C=O) groups is 3. The third-order valence-electron chi connectivity index (χ3n) is 6.22. The first-order chi connectivity index (χ1) is 14.9. The summed E-state index contributed by atoms with van der Waals surface area (Å²) in [5.74, 6) is -1.75. The summed E-state index contributed by atoms with van der Waals surface area (Å²) in [6.45, 7) is 4.95. The second-order valence-electron chi connectivity index (χ2n) is 8.28. The molecular formula is C23H32N2O6. The quantitative estimate of drug-likeness (QED) is 0.570. The van der Waals surface area contributed by atoms with Crippen LogP contribution < -0.4 is 5.32 Å². The Balaban J connectivity index is 1.67. The maximum absolute atomic E-state index is 13.2. The Labute approximate surface area is 182 Å². The number of fused-ring (bicyclic) bond motifs is 1. The lowest BCUT2D eigenvalue weighted by molar-refractivity contribution is -0.157. The molecule has 5 atom stereocenters. The number of aryl methyl sites for hydroxylation is 1. The Kier molecular flexibility index (Phi) is 8.03. The normalized spacial score (nSPS) is 24.8. The summed E-state index contributed by atoms with van der Waals surface area (Å²) < 4.78 is 10.7. The third kappa shape index (κ3) is 5.62. The number of piperidine rings is 1. The molecule has 2 aliphatic rings. The predicted molar refractivity (Wildman–Crippen MR) is 113 cm³/mol. The molecular weight excluding hydrogens is 400 g/mol. The second kappa shape index (κ2) is 10.7. The third-order valence-corrected chi connectivity index (χ3v) is 6.22. The molecule has 31 heavy (non-hydrogen) atoms. The van der Waals surface area contributed by atoms with E-state index in [1.807, 2.05) is 30.3 Å². The largest absolute Gasteiger partial charge is 0.480 e. The number of carboxylic acid groups (broad SMARTS) is 1. The molecule has 0 aliphatic carbocycles. The summed E-state index contributed by atoms with van der Waals surface area (Å²) in [6.07, 6.45) is 1.85. The van der Waals surface area contributed by atoms with Crippen molar-refractivity contribution in [3.8, 4) is 0 Å². The van der Waals surface area contributed by atoms with Crippen LogP contribution in [0, 0.1) is 11.8 Å². The Morgan fingerprint density at radius 3 is 2.68 bits per heavy atom. The molecule has 0 spiro atoms. The maximum Gasteiger partial charge on any atom is 0.326 e. The lowest BCUT2D eigenvalue weighted by atomic mass is 9.81. The summed E-state index contributed by atoms with van der Waals surface area (Å²) in [5.41, 5.74) is 1.09. The molecule has 0 bridgehead atoms. The van der Waals surface area contributed by atoms with Crippen LogP contribution in [0.4, 0.5) is 0 Å². The van der Waals surface area contributed by atoms with Crippen LogP contribution in [0.15, 0.2) is 30.3 Å². The first kappa shape index (κ1) is 23.2. The van der Waals surface area contributed by atoms with Gasteiger partial charge in [0.2, 0.25) is 5.91 Å². The van der Waals surface area contributed by atoms with Gasteiger partial charge in [-0.3, -0.25) is 14.9 Å². The molecule has 2 saturated heterocycles. The standard InChI is InChI=1S/C23H32N2O6/c1-3-31-23(29)19(10-9-16-7-5-4-6-8-16)24-15(2)21(26)25-12-11-17-13-30-14-18(17)20(25)22(27)28/h4-8,15,17-20,24H,3,9-14H2,1-2H3,(H,27,28)/t15?,17?,18?,19-,20-/m0/s1. The van der Waals surface area contributed by atoms with Crippen molar-refractivity contribution >= 4 is 17.8 Å². The monoisotopic (exact) mass is 432 g/mol. The van der Waals surface area contributed by atoms with Gasteiger partial charge in [-0.25, -0.2) is 4.79 Å². The van der Waals surface area contributed by atoms with Crippen molar-refractivity contribution in [2.45, 2.75) is 51.2 Å². The van der Waals surface area contributed by atoms with Gasteiger partial charge in [-0.15, -0.1) is 0 Å². The second-order valence-corrected chi connectivity index (χ2v) is 8.28. The first-order valence-corrected chi connectivity index (χ1v) is 11.0. The highest BCUT2D eigenvalue weighted by Crippen LogP contribution is 2.34. The minimum atomic E-state index is -1.01. The van der Waals surface area contributed by atoms with Gasteiger partial charge in [-0.05, 0) is 44.6 Å². The first-order valence-electron chi connectivity index (χ1n) is 11.0. The van der Waals surface area contributed by atoms with Crippen LogP contribution >= 0.6 is 0 Å². The highest BCUT2D eigenvalue weighted by atomic mass is 16.5. The SMILES string of the molecule is CCOC(=O)[C@H](CCc1ccccc1)NC(C)C(=O)N1CCC2COCC2[C@H]1C(=O)O. The number of likely N-dealkylation sites (tertiary alicyclic amines) is 1. The van der Waals surface area contributed by atoms with Gasteiger partial charge < -0.3 is 19.5 Å². The van der Waals surface area contributed by atoms with E-state index >= 15 is 0 Å². The molecule has 1 aromatic carbocycles. The van der Waals surface area contributed by atoms with Gasteiger partial charge in [0.05, 0.1) is 19.3 Å². The molecule has 0 aromatic heterocycles. The summed E-state index contributed by atoms with van der Waals surface area (Å²) in [7, 11) is 0. The fourth-order valence-electron chi connectivity index (χ4n) is 4.59. The molecule has 1 aromatic rings. The smallest absolute Gasteiger partial charge is 0.326 e. The Morgan fingerprint density at radius 2 is 2.00 bits per heavy atom. The van der Waals surface area contributed by atoms with Gasteiger partial charge in [-0.2, -0.15) is 0 Å². The van der Waals surface area contributed by atoms with Crippen LogP contribution in [0.5, 0.6) is 0 Å². The Hall–Kier alpha value is -2.45. The van der Waals surface area contributed by atoms with Crippen molar-refractivity contribution in [3.63, 3.8) is 0 Å². The molecule has 8 nitrogen and oxygen atoms in total. The fourth-order valence-corrected chi connectivity index (χ4v) is 4.59. The molecule has 2 heterocycles. The van der Waals surface area contributed by atoms with Gasteiger partial charge >= 0.3 is 11.9 Å². The molecule has 8 heteroatoms. The van der Waals surface area contributed by atoms with E-state index in [4.69, 9.17) is 9.47 Å². The van der Waals surface area contributed by atoms with Crippen molar-refractivity contribution in [3.05, 3.63) is 35.9 Å². The lowest BCUT2D eigenvalue weighted by Gasteiger charge is -2.41. The van der Waals surface area contributed by atoms with E-state index in [1.165, 1.54) is 4.90 Å². The number of nitrogens with one attached hydrogen (secondary N) is 1. The number of esters is 1. The van der Waals surface area contributed by atoms with Crippen LogP contribution in [0.3, 0.4) is 0 Å². The van der Waals surface area contributed by atoms with E-state index in [9.17, 15) is 19.5 Å². The number of hydrogen-bond donors (Lipinski definition) is 2. The number of amides is 1. The zero-order chi connectivity index (χ0) is 22.4. The topological polar surface area (TPSA) is 105 Å². The molecule has 2 N–H and O–H groups in total. The molecule has 2 aliphatic heterocycles. The van der Waals surface area contributed by atoms with E-state index in [2.05, 4.69) is 5.32 Å². The summed E-state index contributed by atoms with van der Waals surface area (Å²) in [4.78, 5) is 39.1. The number of hydrogen-bond acceptors (Lipinski definition) is 6. The van der Waals surface area contributed by atoms with Gasteiger partial charge in [0.1, 0.15) is 12.1 Å². The number of aliphatic carboxylic acids is 1. The number of carboxylic acids is 1. The number of ether oxygens (including phenoxy) is 2. The van der Waals surface area contributed by atoms with Crippen LogP contribution in [-0.4, -0.2) is 72.3 Å². The van der Waals surface area contributed by atoms with E-state index in [-0.39, 0.29) is 24.3 Å². The van der Waals surface area contributed by atoms with Gasteiger partial charge in [-0.1, -0.05) is 30.3 Å². The Morgan fingerprint density at radius 1 is 1.26 bits per heavy atom. The van der Waals surface area contributed by atoms with Crippen LogP contribution in [0.1, 0.15) is 32.3 Å². The summed E-state index contributed by atoms with van der Waals surface area (Å²) >= 11 is 0. The molecule has 1 amide bonds. The zero-order valence-corrected chi connectivity index (χ0v) is 18.2. The summed E-state index contributed by atoms with van der Waals surface area (Å²) in [6, 6.07) is 7.52. The van der Waals surface area contributed by atoms with Gasteiger partial charge in [0, 0.05) is 19.1 Å². The van der Waals surface area contributed by atoms with E-state index in [0.717, 1.165) is 12.0 Å². The number of rotatable bonds is 9. The minimum absolute atomic E-state index is 0.173. The lowest BCUT2D eigenvalue weighted by Crippen LogP contribution is -2.60. The van der Waals surface area contributed by atoms with E-state index in [0.29, 0.717) is 32.6 Å². The fraction of sp³-hybridized carbons (Fsp3) is 0.609. The number of carbonyl (C=O) groups excluding carboxylic acids is 2. The van der Waals surface area contributed by atoms with Gasteiger partial charge in [0.25, 0.3) is 0 Å². The molecule has 0 saturated carbocycles. The molecule has 3 rings (SSSR count). The average molecular weight is 433 g/mol. The number of nitrogens with zero attached hydrogens (tertiary/aromatic N) is 1. The highest BCUT2D eigenvalue weighted by Gasteiger charge is 2.47. The Bertz CT molecular complexity index is 771. The highest BCUT2D eigenvalue weighted by molar-refractivity contribution is 5.88. The van der Waals surface area contributed by atoms with Crippen molar-refractivity contribution in [1.29, 1.82) is 0 Å². The summed E-state index contributed by atoms with van der Waals surface area (Å²) in [5, 5.41) is 12.9. The van der Waals surface area contributed by atoms with Crippen molar-refractivity contribution in [1.82, 2.24) is 10.2 Å². The van der Waals surface area contributed by atoms with Gasteiger partial charge in [0.15, 0.2) is 0 Å². The zero-order valence-electron chi connectivity index (χ0n) is 18.2. The average Bonchev–Trinajstić information content (AvgIpc) is 3.24. The maximum atomic E-state index is 13.2. The van der Waals surface area contributed by atoms with E-state index < -0.39 is 30.1 Å². The minimum Gasteiger partial charge on any atom is -0.480 e. The van der Waals surface area contributed by atoms with Crippen LogP contribution in [-0.2, 0) is 30.3 Å². The van der Waals surface area contributed by atoms with Crippen molar-refractivity contribution < 1.29 is 29.0 Å². The predicted octanol–water partition coefficient (Wildman–Crippen LogP) is 1.48. The van der Waals surface area contributed by atoms with Crippen LogP contribution in [0.2, 0.25) is 0 Å². The molecule has 2 fully saturated rings. The van der Waals surface area contributed by atoms with Crippen molar-refractivity contribution in [2.24, 2.45) is 11.8 Å². The molecule has 170 valence electrons. The van der Waals surface area contributed by atoms with E-state index in [1.54, 1.807) is 13.8 Å². The van der Waals surface area contributed by atoms with Crippen molar-refractivity contribution in [2.75, 3.05) is 26.4 Å². The molecule has 3 unspecified atom stereocenters. The molecule has 0 radical (unpaired) electrons. The van der Waals surface area contributed by atoms with Crippen LogP contribution in [0.25, 0.3) is 0 Å². The number of benzene rings is 1.